The Bertz CT molecular complexity index is 707. The van der Waals surface area contributed by atoms with Crippen molar-refractivity contribution in [3.8, 4) is 11.8 Å². The number of para-hydroxylation sites is 1. The standard InChI is InChI=1S/C18H22N4O2/c1-15-11-20-22(12-15)14-17-13-21(6-8-23-17)7-9-24-18-5-3-2-4-16(18)10-19/h2-5,11-12,17H,6-9,13-14H2,1H3. The van der Waals surface area contributed by atoms with Crippen molar-refractivity contribution < 1.29 is 9.47 Å². The summed E-state index contributed by atoms with van der Waals surface area (Å²) < 4.78 is 13.5. The third-order valence-corrected chi connectivity index (χ3v) is 4.05. The van der Waals surface area contributed by atoms with Crippen molar-refractivity contribution in [3.05, 3.63) is 47.8 Å². The second-order valence-electron chi connectivity index (χ2n) is 5.99. The number of benzene rings is 1. The molecule has 2 heterocycles. The van der Waals surface area contributed by atoms with Crippen LogP contribution in [-0.2, 0) is 11.3 Å². The maximum absolute atomic E-state index is 9.08. The predicted molar refractivity (Wildman–Crippen MR) is 89.8 cm³/mol. The predicted octanol–water partition coefficient (Wildman–Crippen LogP) is 1.84. The summed E-state index contributed by atoms with van der Waals surface area (Å²) in [6.07, 6.45) is 4.04. The molecule has 1 aromatic carbocycles. The van der Waals surface area contributed by atoms with Gasteiger partial charge in [0.25, 0.3) is 0 Å². The summed E-state index contributed by atoms with van der Waals surface area (Å²) in [7, 11) is 0. The van der Waals surface area contributed by atoms with Crippen LogP contribution in [0.3, 0.4) is 0 Å². The van der Waals surface area contributed by atoms with Gasteiger partial charge in [0.2, 0.25) is 0 Å². The Hall–Kier alpha value is -2.36. The Labute approximate surface area is 142 Å². The summed E-state index contributed by atoms with van der Waals surface area (Å²) in [6.45, 7) is 6.67. The molecule has 6 nitrogen and oxygen atoms in total. The molecule has 0 bridgehead atoms. The van der Waals surface area contributed by atoms with Crippen LogP contribution in [0.5, 0.6) is 5.75 Å². The number of morpholine rings is 1. The molecular formula is C18H22N4O2. The van der Waals surface area contributed by atoms with Crippen LogP contribution in [0.1, 0.15) is 11.1 Å². The topological polar surface area (TPSA) is 63.3 Å². The van der Waals surface area contributed by atoms with Gasteiger partial charge in [-0.05, 0) is 24.6 Å². The van der Waals surface area contributed by atoms with E-state index in [2.05, 4.69) is 16.1 Å². The zero-order chi connectivity index (χ0) is 16.8. The highest BCUT2D eigenvalue weighted by Crippen LogP contribution is 2.16. The largest absolute Gasteiger partial charge is 0.491 e. The Balaban J connectivity index is 1.46. The normalized spacial score (nSPS) is 18.2. The van der Waals surface area contributed by atoms with Crippen molar-refractivity contribution in [2.75, 3.05) is 32.8 Å². The van der Waals surface area contributed by atoms with Crippen molar-refractivity contribution in [1.29, 1.82) is 5.26 Å². The van der Waals surface area contributed by atoms with Crippen LogP contribution in [0.25, 0.3) is 0 Å². The molecule has 1 aliphatic rings. The molecule has 126 valence electrons. The van der Waals surface area contributed by atoms with Crippen molar-refractivity contribution >= 4 is 0 Å². The molecule has 0 spiro atoms. The van der Waals surface area contributed by atoms with E-state index >= 15 is 0 Å². The summed E-state index contributed by atoms with van der Waals surface area (Å²) >= 11 is 0. The lowest BCUT2D eigenvalue weighted by molar-refractivity contribution is -0.0401. The molecule has 2 aromatic rings. The van der Waals surface area contributed by atoms with E-state index in [1.165, 1.54) is 0 Å². The number of ether oxygens (including phenoxy) is 2. The third-order valence-electron chi connectivity index (χ3n) is 4.05. The zero-order valence-electron chi connectivity index (χ0n) is 13.9. The SMILES string of the molecule is Cc1cnn(CC2CN(CCOc3ccccc3C#N)CCO2)c1. The fraction of sp³-hybridized carbons (Fsp3) is 0.444. The molecule has 1 saturated heterocycles. The minimum Gasteiger partial charge on any atom is -0.491 e. The van der Waals surface area contributed by atoms with Crippen molar-refractivity contribution in [1.82, 2.24) is 14.7 Å². The fourth-order valence-corrected chi connectivity index (χ4v) is 2.84. The Morgan fingerprint density at radius 2 is 2.29 bits per heavy atom. The molecule has 1 atom stereocenters. The minimum absolute atomic E-state index is 0.143. The molecule has 0 radical (unpaired) electrons. The highest BCUT2D eigenvalue weighted by atomic mass is 16.5. The lowest BCUT2D eigenvalue weighted by Crippen LogP contribution is -2.45. The molecular weight excluding hydrogens is 304 g/mol. The maximum Gasteiger partial charge on any atom is 0.137 e. The van der Waals surface area contributed by atoms with E-state index in [9.17, 15) is 0 Å². The van der Waals surface area contributed by atoms with Crippen LogP contribution in [0.4, 0.5) is 0 Å². The number of rotatable bonds is 6. The van der Waals surface area contributed by atoms with Crippen LogP contribution in [0, 0.1) is 18.3 Å². The summed E-state index contributed by atoms with van der Waals surface area (Å²) in [5.41, 5.74) is 1.73. The lowest BCUT2D eigenvalue weighted by atomic mass is 10.2. The average Bonchev–Trinajstić information content (AvgIpc) is 3.00. The first-order valence-electron chi connectivity index (χ1n) is 8.19. The average molecular weight is 326 g/mol. The number of nitriles is 1. The molecule has 6 heteroatoms. The summed E-state index contributed by atoms with van der Waals surface area (Å²) in [5, 5.41) is 13.4. The van der Waals surface area contributed by atoms with Crippen LogP contribution in [0.2, 0.25) is 0 Å². The van der Waals surface area contributed by atoms with Crippen molar-refractivity contribution in [2.45, 2.75) is 19.6 Å². The van der Waals surface area contributed by atoms with Crippen LogP contribution >= 0.6 is 0 Å². The molecule has 24 heavy (non-hydrogen) atoms. The van der Waals surface area contributed by atoms with Gasteiger partial charge >= 0.3 is 0 Å². The second-order valence-corrected chi connectivity index (χ2v) is 5.99. The molecule has 0 aliphatic carbocycles. The van der Waals surface area contributed by atoms with Crippen LogP contribution in [-0.4, -0.2) is 53.6 Å². The monoisotopic (exact) mass is 326 g/mol. The zero-order valence-corrected chi connectivity index (χ0v) is 13.9. The van der Waals surface area contributed by atoms with Crippen LogP contribution < -0.4 is 4.74 Å². The van der Waals surface area contributed by atoms with Gasteiger partial charge in [-0.1, -0.05) is 12.1 Å². The van der Waals surface area contributed by atoms with E-state index < -0.39 is 0 Å². The van der Waals surface area contributed by atoms with Gasteiger partial charge in [0, 0.05) is 25.8 Å². The first-order valence-corrected chi connectivity index (χ1v) is 8.19. The van der Waals surface area contributed by atoms with Gasteiger partial charge in [0.15, 0.2) is 0 Å². The third kappa shape index (κ3) is 4.34. The highest BCUT2D eigenvalue weighted by molar-refractivity contribution is 5.42. The van der Waals surface area contributed by atoms with Crippen molar-refractivity contribution in [3.63, 3.8) is 0 Å². The molecule has 0 saturated carbocycles. The number of hydrogen-bond acceptors (Lipinski definition) is 5. The highest BCUT2D eigenvalue weighted by Gasteiger charge is 2.21. The van der Waals surface area contributed by atoms with Gasteiger partial charge in [0.1, 0.15) is 18.4 Å². The molecule has 1 aliphatic heterocycles. The smallest absolute Gasteiger partial charge is 0.137 e. The molecule has 1 aromatic heterocycles. The van der Waals surface area contributed by atoms with Gasteiger partial charge in [-0.15, -0.1) is 0 Å². The molecule has 1 fully saturated rings. The van der Waals surface area contributed by atoms with Gasteiger partial charge in [0.05, 0.1) is 31.0 Å². The van der Waals surface area contributed by atoms with E-state index in [0.717, 1.165) is 38.3 Å². The van der Waals surface area contributed by atoms with E-state index in [0.29, 0.717) is 17.9 Å². The summed E-state index contributed by atoms with van der Waals surface area (Å²) in [5.74, 6) is 0.650. The van der Waals surface area contributed by atoms with Crippen LogP contribution in [0.15, 0.2) is 36.7 Å². The maximum atomic E-state index is 9.08. The number of aromatic nitrogens is 2. The summed E-state index contributed by atoms with van der Waals surface area (Å²) in [4.78, 5) is 2.33. The van der Waals surface area contributed by atoms with Gasteiger partial charge in [-0.3, -0.25) is 9.58 Å². The molecule has 1 unspecified atom stereocenters. The Morgan fingerprint density at radius 1 is 1.42 bits per heavy atom. The number of nitrogens with zero attached hydrogens (tertiary/aromatic N) is 4. The first-order chi connectivity index (χ1) is 11.7. The number of aryl methyl sites for hydroxylation is 1. The molecule has 0 N–H and O–H groups in total. The number of hydrogen-bond donors (Lipinski definition) is 0. The minimum atomic E-state index is 0.143. The first kappa shape index (κ1) is 16.5. The van der Waals surface area contributed by atoms with E-state index in [1.54, 1.807) is 6.07 Å². The second kappa shape index (κ2) is 7.95. The molecule has 0 amide bonds. The van der Waals surface area contributed by atoms with E-state index in [1.807, 2.05) is 42.2 Å². The molecule has 3 rings (SSSR count). The fourth-order valence-electron chi connectivity index (χ4n) is 2.84. The Kier molecular flexibility index (Phi) is 5.47. The summed E-state index contributed by atoms with van der Waals surface area (Å²) in [6, 6.07) is 9.48. The van der Waals surface area contributed by atoms with E-state index in [4.69, 9.17) is 14.7 Å². The quantitative estimate of drug-likeness (QED) is 0.810. The Morgan fingerprint density at radius 3 is 3.08 bits per heavy atom. The van der Waals surface area contributed by atoms with Gasteiger partial charge in [-0.2, -0.15) is 10.4 Å². The van der Waals surface area contributed by atoms with E-state index in [-0.39, 0.29) is 6.10 Å². The lowest BCUT2D eigenvalue weighted by Gasteiger charge is -2.32. The van der Waals surface area contributed by atoms with Crippen molar-refractivity contribution in [2.24, 2.45) is 0 Å². The van der Waals surface area contributed by atoms with Gasteiger partial charge < -0.3 is 9.47 Å². The van der Waals surface area contributed by atoms with Gasteiger partial charge in [-0.25, -0.2) is 0 Å².